The van der Waals surface area contributed by atoms with Crippen molar-refractivity contribution in [1.82, 2.24) is 0 Å². The molecule has 1 aliphatic heterocycles. The molecular weight excluding hydrogens is 374 g/mol. The molecule has 0 amide bonds. The van der Waals surface area contributed by atoms with Crippen molar-refractivity contribution in [2.24, 2.45) is 0 Å². The minimum absolute atomic E-state index is 0.0531. The normalized spacial score (nSPS) is 14.5. The van der Waals surface area contributed by atoms with Crippen molar-refractivity contribution < 1.29 is 24.1 Å². The van der Waals surface area contributed by atoms with E-state index in [2.05, 4.69) is 4.90 Å². The maximum Gasteiger partial charge on any atom is 0.282 e. The monoisotopic (exact) mass is 400 g/mol. The molecule has 0 unspecified atom stereocenters. The van der Waals surface area contributed by atoms with Crippen molar-refractivity contribution in [3.8, 4) is 11.5 Å². The molecule has 2 aromatic rings. The average molecular weight is 400 g/mol. The molecule has 1 N–H and O–H groups in total. The third-order valence-electron chi connectivity index (χ3n) is 5.33. The number of benzene rings is 2. The maximum atomic E-state index is 11.5. The van der Waals surface area contributed by atoms with Crippen LogP contribution in [0.5, 0.6) is 11.5 Å². The van der Waals surface area contributed by atoms with Crippen LogP contribution in [0.15, 0.2) is 36.4 Å². The zero-order chi connectivity index (χ0) is 21.0. The standard InChI is InChI=1S/C21H25N3O5/c1-15(25)16-4-6-18(7-5-16)23-10-8-22(9-11-23)14-17-12-20(28-2)21(29-3)13-19(17)24(26)27/h4-7,12-13H,8-11,14H2,1-3H3/p+1. The molecule has 2 aromatic carbocycles. The number of rotatable bonds is 7. The number of carbonyl (C=O) groups is 1. The Morgan fingerprint density at radius 2 is 1.69 bits per heavy atom. The third kappa shape index (κ3) is 4.65. The topological polar surface area (TPSA) is 86.4 Å². The molecular formula is C21H26N3O5+. The number of nitrogens with zero attached hydrogens (tertiary/aromatic N) is 2. The first-order valence-corrected chi connectivity index (χ1v) is 9.51. The molecule has 8 heteroatoms. The fraction of sp³-hybridized carbons (Fsp3) is 0.381. The summed E-state index contributed by atoms with van der Waals surface area (Å²) in [4.78, 5) is 26.1. The van der Waals surface area contributed by atoms with E-state index in [1.807, 2.05) is 24.3 Å². The summed E-state index contributed by atoms with van der Waals surface area (Å²) in [5.41, 5.74) is 2.49. The number of piperazine rings is 1. The van der Waals surface area contributed by atoms with E-state index in [1.54, 1.807) is 13.0 Å². The van der Waals surface area contributed by atoms with Gasteiger partial charge < -0.3 is 19.3 Å². The molecule has 0 bridgehead atoms. The van der Waals surface area contributed by atoms with Gasteiger partial charge in [0.2, 0.25) is 0 Å². The largest absolute Gasteiger partial charge is 0.493 e. The van der Waals surface area contributed by atoms with E-state index >= 15 is 0 Å². The Labute approximate surface area is 169 Å². The lowest BCUT2D eigenvalue weighted by atomic mass is 10.1. The van der Waals surface area contributed by atoms with E-state index in [9.17, 15) is 14.9 Å². The van der Waals surface area contributed by atoms with Gasteiger partial charge in [0.05, 0.1) is 57.0 Å². The van der Waals surface area contributed by atoms with Gasteiger partial charge in [-0.25, -0.2) is 0 Å². The Hall–Kier alpha value is -3.13. The van der Waals surface area contributed by atoms with Gasteiger partial charge in [-0.05, 0) is 37.3 Å². The van der Waals surface area contributed by atoms with Gasteiger partial charge in [0.25, 0.3) is 5.69 Å². The number of hydrogen-bond donors (Lipinski definition) is 1. The van der Waals surface area contributed by atoms with E-state index in [4.69, 9.17) is 9.47 Å². The zero-order valence-corrected chi connectivity index (χ0v) is 16.9. The highest BCUT2D eigenvalue weighted by Crippen LogP contribution is 2.34. The number of nitro groups is 1. The fourth-order valence-electron chi connectivity index (χ4n) is 3.66. The van der Waals surface area contributed by atoms with Gasteiger partial charge in [-0.2, -0.15) is 0 Å². The average Bonchev–Trinajstić information content (AvgIpc) is 2.73. The summed E-state index contributed by atoms with van der Waals surface area (Å²) < 4.78 is 10.5. The minimum Gasteiger partial charge on any atom is -0.493 e. The molecule has 1 aliphatic rings. The molecule has 0 aromatic heterocycles. The van der Waals surface area contributed by atoms with Gasteiger partial charge in [-0.1, -0.05) is 0 Å². The smallest absolute Gasteiger partial charge is 0.282 e. The second-order valence-corrected chi connectivity index (χ2v) is 7.11. The van der Waals surface area contributed by atoms with Crippen LogP contribution in [-0.2, 0) is 6.54 Å². The van der Waals surface area contributed by atoms with Crippen LogP contribution in [0.1, 0.15) is 22.8 Å². The highest BCUT2D eigenvalue weighted by molar-refractivity contribution is 5.94. The minimum atomic E-state index is -0.371. The Morgan fingerprint density at radius 3 is 2.21 bits per heavy atom. The quantitative estimate of drug-likeness (QED) is 0.433. The number of anilines is 1. The number of hydrogen-bond acceptors (Lipinski definition) is 6. The molecule has 154 valence electrons. The van der Waals surface area contributed by atoms with Crippen molar-refractivity contribution in [2.45, 2.75) is 13.5 Å². The number of methoxy groups -OCH3 is 2. The van der Waals surface area contributed by atoms with Gasteiger partial charge in [-0.15, -0.1) is 0 Å². The molecule has 3 rings (SSSR count). The number of quaternary nitrogens is 1. The van der Waals surface area contributed by atoms with Crippen LogP contribution in [0, 0.1) is 10.1 Å². The molecule has 0 atom stereocenters. The van der Waals surface area contributed by atoms with E-state index in [0.717, 1.165) is 31.9 Å². The summed E-state index contributed by atoms with van der Waals surface area (Å²) in [6.45, 7) is 5.52. The zero-order valence-electron chi connectivity index (χ0n) is 16.9. The lowest BCUT2D eigenvalue weighted by Gasteiger charge is -2.33. The van der Waals surface area contributed by atoms with Crippen LogP contribution >= 0.6 is 0 Å². The van der Waals surface area contributed by atoms with Crippen LogP contribution in [0.4, 0.5) is 11.4 Å². The predicted molar refractivity (Wildman–Crippen MR) is 109 cm³/mol. The van der Waals surface area contributed by atoms with E-state index in [0.29, 0.717) is 29.2 Å². The van der Waals surface area contributed by atoms with Gasteiger partial charge in [-0.3, -0.25) is 14.9 Å². The number of Topliss-reactive ketones (excluding diaryl/α,β-unsaturated/α-hetero) is 1. The van der Waals surface area contributed by atoms with E-state index in [-0.39, 0.29) is 16.4 Å². The van der Waals surface area contributed by atoms with Gasteiger partial charge in [0.15, 0.2) is 17.3 Å². The van der Waals surface area contributed by atoms with Crippen molar-refractivity contribution in [2.75, 3.05) is 45.3 Å². The number of carbonyl (C=O) groups excluding carboxylic acids is 1. The summed E-state index contributed by atoms with van der Waals surface area (Å²) in [6.07, 6.45) is 0. The van der Waals surface area contributed by atoms with Crippen molar-refractivity contribution in [3.63, 3.8) is 0 Å². The number of ether oxygens (including phenoxy) is 2. The molecule has 1 saturated heterocycles. The van der Waals surface area contributed by atoms with Gasteiger partial charge >= 0.3 is 0 Å². The van der Waals surface area contributed by atoms with Crippen LogP contribution in [0.2, 0.25) is 0 Å². The first-order chi connectivity index (χ1) is 13.9. The highest BCUT2D eigenvalue weighted by atomic mass is 16.6. The second kappa shape index (κ2) is 8.91. The highest BCUT2D eigenvalue weighted by Gasteiger charge is 2.26. The summed E-state index contributed by atoms with van der Waals surface area (Å²) in [6, 6.07) is 10.8. The molecule has 0 aliphatic carbocycles. The van der Waals surface area contributed by atoms with E-state index < -0.39 is 0 Å². The first kappa shape index (κ1) is 20.6. The van der Waals surface area contributed by atoms with Crippen LogP contribution < -0.4 is 19.3 Å². The molecule has 0 spiro atoms. The number of ketones is 1. The summed E-state index contributed by atoms with van der Waals surface area (Å²) in [5.74, 6) is 0.913. The predicted octanol–water partition coefficient (Wildman–Crippen LogP) is 1.72. The van der Waals surface area contributed by atoms with E-state index in [1.165, 1.54) is 25.2 Å². The van der Waals surface area contributed by atoms with Crippen molar-refractivity contribution in [1.29, 1.82) is 0 Å². The molecule has 8 nitrogen and oxygen atoms in total. The summed E-state index contributed by atoms with van der Waals surface area (Å²) in [5, 5.41) is 11.5. The van der Waals surface area contributed by atoms with Crippen molar-refractivity contribution >= 4 is 17.2 Å². The summed E-state index contributed by atoms with van der Waals surface area (Å²) in [7, 11) is 2.99. The van der Waals surface area contributed by atoms with Crippen molar-refractivity contribution in [3.05, 3.63) is 57.6 Å². The van der Waals surface area contributed by atoms with Gasteiger partial charge in [0, 0.05) is 11.3 Å². The SMILES string of the molecule is COc1cc(C[NH+]2CCN(c3ccc(C(C)=O)cc3)CC2)c([N+](=O)[O-])cc1OC. The first-order valence-electron chi connectivity index (χ1n) is 9.51. The molecule has 29 heavy (non-hydrogen) atoms. The molecule has 0 radical (unpaired) electrons. The Morgan fingerprint density at radius 1 is 1.10 bits per heavy atom. The van der Waals surface area contributed by atoms with Crippen LogP contribution in [0.25, 0.3) is 0 Å². The third-order valence-corrected chi connectivity index (χ3v) is 5.33. The number of nitrogens with one attached hydrogen (secondary N) is 1. The second-order valence-electron chi connectivity index (χ2n) is 7.11. The van der Waals surface area contributed by atoms with Crippen LogP contribution in [0.3, 0.4) is 0 Å². The summed E-state index contributed by atoms with van der Waals surface area (Å²) >= 11 is 0. The maximum absolute atomic E-state index is 11.5. The lowest BCUT2D eigenvalue weighted by molar-refractivity contribution is -0.914. The molecule has 0 saturated carbocycles. The Balaban J connectivity index is 1.69. The number of nitro benzene ring substituents is 1. The molecule has 1 fully saturated rings. The Bertz CT molecular complexity index is 890. The lowest BCUT2D eigenvalue weighted by Crippen LogP contribution is -3.13. The Kier molecular flexibility index (Phi) is 6.33. The molecule has 1 heterocycles. The van der Waals surface area contributed by atoms with Crippen LogP contribution in [-0.4, -0.2) is 51.1 Å². The van der Waals surface area contributed by atoms with Gasteiger partial charge in [0.1, 0.15) is 6.54 Å². The fourth-order valence-corrected chi connectivity index (χ4v) is 3.66.